The number of aliphatic hydroxyl groups is 1. The maximum absolute atomic E-state index is 12.4. The fourth-order valence-electron chi connectivity index (χ4n) is 2.50. The summed E-state index contributed by atoms with van der Waals surface area (Å²) in [7, 11) is 0. The molecule has 0 aliphatic carbocycles. The molecule has 2 heterocycles. The lowest BCUT2D eigenvalue weighted by Crippen LogP contribution is -2.31. The minimum Gasteiger partial charge on any atom is -0.397 e. The summed E-state index contributed by atoms with van der Waals surface area (Å²) in [6.07, 6.45) is 2.30. The van der Waals surface area contributed by atoms with E-state index in [9.17, 15) is 9.90 Å². The lowest BCUT2D eigenvalue weighted by Gasteiger charge is -2.18. The smallest absolute Gasteiger partial charge is 0.270 e. The number of aryl methyl sites for hydroxylation is 1. The first kappa shape index (κ1) is 13.0. The lowest BCUT2D eigenvalue weighted by atomic mass is 10.0. The first-order valence-electron chi connectivity index (χ1n) is 6.46. The van der Waals surface area contributed by atoms with E-state index in [4.69, 9.17) is 5.73 Å². The standard InChI is InChI=1S/C13H21N3O2/c1-3-15-8-11(14)6-12(15)13(18)16-5-4-10(7-16)9(2)17/h6,8-10,17H,3-5,7,14H2,1-2H3. The second-order valence-corrected chi connectivity index (χ2v) is 4.99. The molecule has 18 heavy (non-hydrogen) atoms. The number of carbonyl (C=O) groups excluding carboxylic acids is 1. The van der Waals surface area contributed by atoms with Crippen LogP contribution in [0.15, 0.2) is 12.3 Å². The zero-order valence-corrected chi connectivity index (χ0v) is 11.0. The van der Waals surface area contributed by atoms with Crippen LogP contribution < -0.4 is 5.73 Å². The minimum atomic E-state index is -0.356. The Morgan fingerprint density at radius 3 is 2.94 bits per heavy atom. The van der Waals surface area contributed by atoms with Gasteiger partial charge in [-0.05, 0) is 26.3 Å². The number of amides is 1. The van der Waals surface area contributed by atoms with Crippen LogP contribution in [0.1, 0.15) is 30.8 Å². The lowest BCUT2D eigenvalue weighted by molar-refractivity contribution is 0.0752. The Morgan fingerprint density at radius 2 is 2.39 bits per heavy atom. The van der Waals surface area contributed by atoms with E-state index < -0.39 is 0 Å². The van der Waals surface area contributed by atoms with Crippen molar-refractivity contribution < 1.29 is 9.90 Å². The SMILES string of the molecule is CCn1cc(N)cc1C(=O)N1CCC(C(C)O)C1. The van der Waals surface area contributed by atoms with Gasteiger partial charge >= 0.3 is 0 Å². The van der Waals surface area contributed by atoms with Crippen LogP contribution >= 0.6 is 0 Å². The molecule has 1 amide bonds. The molecule has 5 heteroatoms. The van der Waals surface area contributed by atoms with Crippen molar-refractivity contribution >= 4 is 11.6 Å². The molecule has 1 aliphatic rings. The van der Waals surface area contributed by atoms with Gasteiger partial charge in [-0.15, -0.1) is 0 Å². The van der Waals surface area contributed by atoms with Crippen LogP contribution in [-0.2, 0) is 6.54 Å². The van der Waals surface area contributed by atoms with Gasteiger partial charge < -0.3 is 20.3 Å². The molecule has 0 bridgehead atoms. The largest absolute Gasteiger partial charge is 0.397 e. The molecule has 0 radical (unpaired) electrons. The normalized spacial score (nSPS) is 21.3. The number of hydrogen-bond donors (Lipinski definition) is 2. The van der Waals surface area contributed by atoms with Gasteiger partial charge in [0.15, 0.2) is 0 Å². The second-order valence-electron chi connectivity index (χ2n) is 4.99. The third kappa shape index (κ3) is 2.36. The van der Waals surface area contributed by atoms with Gasteiger partial charge in [-0.3, -0.25) is 4.79 Å². The van der Waals surface area contributed by atoms with Gasteiger partial charge in [0.25, 0.3) is 5.91 Å². The van der Waals surface area contributed by atoms with Crippen molar-refractivity contribution in [3.63, 3.8) is 0 Å². The molecule has 1 fully saturated rings. The van der Waals surface area contributed by atoms with Crippen LogP contribution in [0, 0.1) is 5.92 Å². The highest BCUT2D eigenvalue weighted by molar-refractivity contribution is 5.94. The van der Waals surface area contributed by atoms with Gasteiger partial charge in [-0.25, -0.2) is 0 Å². The Labute approximate surface area is 107 Å². The van der Waals surface area contributed by atoms with Gasteiger partial charge in [0, 0.05) is 31.7 Å². The molecule has 0 saturated carbocycles. The number of nitrogen functional groups attached to an aromatic ring is 1. The number of nitrogens with zero attached hydrogens (tertiary/aromatic N) is 2. The van der Waals surface area contributed by atoms with E-state index in [0.29, 0.717) is 24.5 Å². The highest BCUT2D eigenvalue weighted by Gasteiger charge is 2.30. The van der Waals surface area contributed by atoms with E-state index in [0.717, 1.165) is 13.0 Å². The van der Waals surface area contributed by atoms with Crippen molar-refractivity contribution in [3.8, 4) is 0 Å². The Hall–Kier alpha value is -1.49. The van der Waals surface area contributed by atoms with E-state index in [1.165, 1.54) is 0 Å². The van der Waals surface area contributed by atoms with Crippen molar-refractivity contribution in [1.29, 1.82) is 0 Å². The summed E-state index contributed by atoms with van der Waals surface area (Å²) < 4.78 is 1.87. The van der Waals surface area contributed by atoms with Crippen LogP contribution in [0.25, 0.3) is 0 Å². The molecule has 2 unspecified atom stereocenters. The molecule has 0 spiro atoms. The van der Waals surface area contributed by atoms with Crippen molar-refractivity contribution in [1.82, 2.24) is 9.47 Å². The first-order chi connectivity index (χ1) is 8.52. The number of nitrogens with two attached hydrogens (primary N) is 1. The summed E-state index contributed by atoms with van der Waals surface area (Å²) in [6, 6.07) is 1.72. The van der Waals surface area contributed by atoms with Crippen molar-refractivity contribution in [2.75, 3.05) is 18.8 Å². The molecular weight excluding hydrogens is 230 g/mol. The van der Waals surface area contributed by atoms with E-state index in [1.807, 2.05) is 11.5 Å². The van der Waals surface area contributed by atoms with E-state index in [1.54, 1.807) is 24.1 Å². The van der Waals surface area contributed by atoms with E-state index in [-0.39, 0.29) is 17.9 Å². The molecule has 1 aromatic heterocycles. The highest BCUT2D eigenvalue weighted by Crippen LogP contribution is 2.22. The quantitative estimate of drug-likeness (QED) is 0.839. The number of carbonyl (C=O) groups is 1. The van der Waals surface area contributed by atoms with Crippen LogP contribution in [0.4, 0.5) is 5.69 Å². The zero-order chi connectivity index (χ0) is 13.3. The summed E-state index contributed by atoms with van der Waals surface area (Å²) in [5.41, 5.74) is 6.99. The molecule has 2 atom stereocenters. The maximum atomic E-state index is 12.4. The van der Waals surface area contributed by atoms with Crippen molar-refractivity contribution in [2.45, 2.75) is 32.9 Å². The third-order valence-electron chi connectivity index (χ3n) is 3.67. The average Bonchev–Trinajstić information content (AvgIpc) is 2.94. The summed E-state index contributed by atoms with van der Waals surface area (Å²) in [5, 5.41) is 9.56. The minimum absolute atomic E-state index is 0.0108. The third-order valence-corrected chi connectivity index (χ3v) is 3.67. The number of aromatic nitrogens is 1. The van der Waals surface area contributed by atoms with Crippen LogP contribution in [-0.4, -0.2) is 39.7 Å². The van der Waals surface area contributed by atoms with Crippen LogP contribution in [0.2, 0.25) is 0 Å². The Balaban J connectivity index is 2.12. The fraction of sp³-hybridized carbons (Fsp3) is 0.615. The van der Waals surface area contributed by atoms with Crippen LogP contribution in [0.5, 0.6) is 0 Å². The predicted octanol–water partition coefficient (Wildman–Crippen LogP) is 0.933. The Kier molecular flexibility index (Phi) is 3.61. The number of anilines is 1. The molecule has 1 saturated heterocycles. The zero-order valence-electron chi connectivity index (χ0n) is 11.0. The molecule has 3 N–H and O–H groups in total. The van der Waals surface area contributed by atoms with Crippen LogP contribution in [0.3, 0.4) is 0 Å². The molecule has 1 aliphatic heterocycles. The number of rotatable bonds is 3. The molecule has 2 rings (SSSR count). The van der Waals surface area contributed by atoms with Gasteiger partial charge in [0.2, 0.25) is 0 Å². The monoisotopic (exact) mass is 251 g/mol. The Morgan fingerprint density at radius 1 is 1.67 bits per heavy atom. The van der Waals surface area contributed by atoms with E-state index in [2.05, 4.69) is 0 Å². The average molecular weight is 251 g/mol. The van der Waals surface area contributed by atoms with Gasteiger partial charge in [-0.1, -0.05) is 0 Å². The van der Waals surface area contributed by atoms with E-state index >= 15 is 0 Å². The number of aliphatic hydroxyl groups excluding tert-OH is 1. The predicted molar refractivity (Wildman–Crippen MR) is 70.2 cm³/mol. The van der Waals surface area contributed by atoms with Crippen molar-refractivity contribution in [2.24, 2.45) is 5.92 Å². The molecule has 0 aromatic carbocycles. The van der Waals surface area contributed by atoms with Gasteiger partial charge in [0.05, 0.1) is 11.8 Å². The highest BCUT2D eigenvalue weighted by atomic mass is 16.3. The van der Waals surface area contributed by atoms with Crippen molar-refractivity contribution in [3.05, 3.63) is 18.0 Å². The molecule has 1 aromatic rings. The molecule has 100 valence electrons. The van der Waals surface area contributed by atoms with Gasteiger partial charge in [-0.2, -0.15) is 0 Å². The summed E-state index contributed by atoms with van der Waals surface area (Å²) in [4.78, 5) is 14.2. The summed E-state index contributed by atoms with van der Waals surface area (Å²) in [6.45, 7) is 5.84. The summed E-state index contributed by atoms with van der Waals surface area (Å²) >= 11 is 0. The molecule has 5 nitrogen and oxygen atoms in total. The number of hydrogen-bond acceptors (Lipinski definition) is 3. The first-order valence-corrected chi connectivity index (χ1v) is 6.46. The maximum Gasteiger partial charge on any atom is 0.270 e. The summed E-state index contributed by atoms with van der Waals surface area (Å²) in [5.74, 6) is 0.202. The second kappa shape index (κ2) is 5.02. The number of likely N-dealkylation sites (tertiary alicyclic amines) is 1. The fourth-order valence-corrected chi connectivity index (χ4v) is 2.50. The van der Waals surface area contributed by atoms with Gasteiger partial charge in [0.1, 0.15) is 5.69 Å². The Bertz CT molecular complexity index is 439. The molecular formula is C13H21N3O2. The topological polar surface area (TPSA) is 71.5 Å².